The second kappa shape index (κ2) is 12.7. The maximum absolute atomic E-state index is 12.8. The number of hydrogen-bond acceptors (Lipinski definition) is 8. The van der Waals surface area contributed by atoms with E-state index in [2.05, 4.69) is 15.3 Å². The molecule has 3 aromatic rings. The zero-order valence-corrected chi connectivity index (χ0v) is 22.0. The summed E-state index contributed by atoms with van der Waals surface area (Å²) in [5.74, 6) is 0.508. The van der Waals surface area contributed by atoms with Crippen molar-refractivity contribution < 1.29 is 23.8 Å². The molecule has 37 heavy (non-hydrogen) atoms. The zero-order chi connectivity index (χ0) is 26.8. The van der Waals surface area contributed by atoms with Crippen molar-refractivity contribution in [1.29, 1.82) is 0 Å². The van der Waals surface area contributed by atoms with Crippen LogP contribution in [0.3, 0.4) is 0 Å². The highest BCUT2D eigenvalue weighted by molar-refractivity contribution is 5.92. The summed E-state index contributed by atoms with van der Waals surface area (Å²) >= 11 is 0. The van der Waals surface area contributed by atoms with E-state index in [9.17, 15) is 9.59 Å². The van der Waals surface area contributed by atoms with Crippen molar-refractivity contribution in [2.45, 2.75) is 45.9 Å². The number of nitrogens with zero attached hydrogens (tertiary/aromatic N) is 3. The van der Waals surface area contributed by atoms with Crippen molar-refractivity contribution in [2.24, 2.45) is 0 Å². The van der Waals surface area contributed by atoms with Crippen LogP contribution in [0, 0.1) is 0 Å². The SMILES string of the molecule is COc1ccc(CNc2nc(CCN(C)C(=O)OCc3ccccc3)cnc2C(=O)OC(C)(C)C)cc1. The van der Waals surface area contributed by atoms with E-state index in [4.69, 9.17) is 14.2 Å². The molecule has 0 aliphatic carbocycles. The molecule has 0 fully saturated rings. The standard InChI is InChI=1S/C28H34N4O5/c1-28(2,3)37-26(33)24-25(30-17-20-11-13-23(35-5)14-12-20)31-22(18-29-24)15-16-32(4)27(34)36-19-21-9-7-6-8-10-21/h6-14,18H,15-17,19H2,1-5H3,(H,30,31). The van der Waals surface area contributed by atoms with Gasteiger partial charge in [0.15, 0.2) is 11.5 Å². The van der Waals surface area contributed by atoms with E-state index in [0.29, 0.717) is 31.0 Å². The first-order valence-corrected chi connectivity index (χ1v) is 12.0. The van der Waals surface area contributed by atoms with Gasteiger partial charge < -0.3 is 24.4 Å². The quantitative estimate of drug-likeness (QED) is 0.389. The van der Waals surface area contributed by atoms with Crippen molar-refractivity contribution in [3.05, 3.63) is 83.3 Å². The second-order valence-electron chi connectivity index (χ2n) is 9.47. The number of likely N-dealkylation sites (N-methyl/N-ethyl adjacent to an activating group) is 1. The predicted molar refractivity (Wildman–Crippen MR) is 140 cm³/mol. The molecule has 0 aliphatic rings. The van der Waals surface area contributed by atoms with Crippen LogP contribution >= 0.6 is 0 Å². The van der Waals surface area contributed by atoms with Gasteiger partial charge in [0.05, 0.1) is 12.8 Å². The molecule has 0 saturated heterocycles. The molecule has 9 heteroatoms. The minimum Gasteiger partial charge on any atom is -0.497 e. The van der Waals surface area contributed by atoms with Gasteiger partial charge in [-0.2, -0.15) is 0 Å². The van der Waals surface area contributed by atoms with Gasteiger partial charge in [-0.3, -0.25) is 0 Å². The normalized spacial score (nSPS) is 10.9. The van der Waals surface area contributed by atoms with Gasteiger partial charge in [-0.1, -0.05) is 42.5 Å². The van der Waals surface area contributed by atoms with Crippen LogP contribution in [0.5, 0.6) is 5.75 Å². The molecule has 0 bridgehead atoms. The fourth-order valence-corrected chi connectivity index (χ4v) is 3.28. The molecule has 1 N–H and O–H groups in total. The zero-order valence-electron chi connectivity index (χ0n) is 22.0. The Morgan fingerprint density at radius 3 is 2.35 bits per heavy atom. The summed E-state index contributed by atoms with van der Waals surface area (Å²) in [6, 6.07) is 17.1. The highest BCUT2D eigenvalue weighted by Crippen LogP contribution is 2.19. The number of carbonyl (C=O) groups is 2. The maximum Gasteiger partial charge on any atom is 0.409 e. The van der Waals surface area contributed by atoms with Gasteiger partial charge in [0.2, 0.25) is 0 Å². The summed E-state index contributed by atoms with van der Waals surface area (Å²) in [5.41, 5.74) is 1.94. The molecule has 1 amide bonds. The van der Waals surface area contributed by atoms with E-state index < -0.39 is 17.7 Å². The number of methoxy groups -OCH3 is 1. The average Bonchev–Trinajstić information content (AvgIpc) is 2.89. The highest BCUT2D eigenvalue weighted by atomic mass is 16.6. The molecule has 2 aromatic carbocycles. The van der Waals surface area contributed by atoms with Gasteiger partial charge in [0.25, 0.3) is 0 Å². The molecule has 9 nitrogen and oxygen atoms in total. The number of anilines is 1. The third kappa shape index (κ3) is 8.79. The summed E-state index contributed by atoms with van der Waals surface area (Å²) in [6.07, 6.45) is 1.52. The Bertz CT molecular complexity index is 1180. The lowest BCUT2D eigenvalue weighted by atomic mass is 10.2. The highest BCUT2D eigenvalue weighted by Gasteiger charge is 2.23. The molecule has 1 heterocycles. The first-order valence-electron chi connectivity index (χ1n) is 12.0. The number of aromatic nitrogens is 2. The Hall–Kier alpha value is -4.14. The van der Waals surface area contributed by atoms with Gasteiger partial charge in [-0.05, 0) is 44.0 Å². The summed E-state index contributed by atoms with van der Waals surface area (Å²) in [7, 11) is 3.28. The Morgan fingerprint density at radius 1 is 1.00 bits per heavy atom. The van der Waals surface area contributed by atoms with E-state index >= 15 is 0 Å². The largest absolute Gasteiger partial charge is 0.497 e. The van der Waals surface area contributed by atoms with E-state index in [-0.39, 0.29) is 12.3 Å². The van der Waals surface area contributed by atoms with Gasteiger partial charge in [0.1, 0.15) is 18.0 Å². The minimum absolute atomic E-state index is 0.0998. The average molecular weight is 507 g/mol. The minimum atomic E-state index is -0.673. The summed E-state index contributed by atoms with van der Waals surface area (Å²) in [4.78, 5) is 35.6. The lowest BCUT2D eigenvalue weighted by molar-refractivity contribution is 0.00635. The molecule has 3 rings (SSSR count). The number of carbonyl (C=O) groups excluding carboxylic acids is 2. The summed E-state index contributed by atoms with van der Waals surface area (Å²) < 4.78 is 16.1. The monoisotopic (exact) mass is 506 g/mol. The van der Waals surface area contributed by atoms with Crippen molar-refractivity contribution in [3.63, 3.8) is 0 Å². The summed E-state index contributed by atoms with van der Waals surface area (Å²) in [6.45, 7) is 6.38. The smallest absolute Gasteiger partial charge is 0.409 e. The first-order chi connectivity index (χ1) is 17.6. The van der Waals surface area contributed by atoms with E-state index in [1.807, 2.05) is 54.6 Å². The molecule has 0 saturated carbocycles. The van der Waals surface area contributed by atoms with Crippen LogP contribution in [0.2, 0.25) is 0 Å². The number of nitrogens with one attached hydrogen (secondary N) is 1. The van der Waals surface area contributed by atoms with Crippen LogP contribution in [0.4, 0.5) is 10.6 Å². The number of benzene rings is 2. The molecular formula is C28H34N4O5. The Balaban J connectivity index is 1.67. The van der Waals surface area contributed by atoms with Gasteiger partial charge in [-0.15, -0.1) is 0 Å². The Morgan fingerprint density at radius 2 is 1.70 bits per heavy atom. The lowest BCUT2D eigenvalue weighted by Crippen LogP contribution is -2.30. The van der Waals surface area contributed by atoms with Crippen molar-refractivity contribution >= 4 is 17.9 Å². The van der Waals surface area contributed by atoms with Gasteiger partial charge >= 0.3 is 12.1 Å². The Labute approximate surface area is 217 Å². The maximum atomic E-state index is 12.8. The van der Waals surface area contributed by atoms with Crippen LogP contribution in [0.25, 0.3) is 0 Å². The van der Waals surface area contributed by atoms with Crippen molar-refractivity contribution in [2.75, 3.05) is 26.0 Å². The van der Waals surface area contributed by atoms with Crippen LogP contribution < -0.4 is 10.1 Å². The van der Waals surface area contributed by atoms with Crippen LogP contribution in [-0.2, 0) is 29.0 Å². The summed E-state index contributed by atoms with van der Waals surface area (Å²) in [5, 5.41) is 3.20. The fraction of sp³-hybridized carbons (Fsp3) is 0.357. The molecule has 1 aromatic heterocycles. The van der Waals surface area contributed by atoms with Crippen LogP contribution in [0.15, 0.2) is 60.8 Å². The molecular weight excluding hydrogens is 472 g/mol. The van der Waals surface area contributed by atoms with E-state index in [1.165, 1.54) is 11.1 Å². The van der Waals surface area contributed by atoms with Gasteiger partial charge in [0, 0.05) is 32.8 Å². The number of ether oxygens (including phenoxy) is 3. The molecule has 196 valence electrons. The second-order valence-corrected chi connectivity index (χ2v) is 9.47. The third-order valence-corrected chi connectivity index (χ3v) is 5.25. The Kier molecular flexibility index (Phi) is 9.43. The topological polar surface area (TPSA) is 103 Å². The molecule has 0 radical (unpaired) electrons. The van der Waals surface area contributed by atoms with Crippen molar-refractivity contribution in [3.8, 4) is 5.75 Å². The van der Waals surface area contributed by atoms with Crippen molar-refractivity contribution in [1.82, 2.24) is 14.9 Å². The fourth-order valence-electron chi connectivity index (χ4n) is 3.28. The number of esters is 1. The number of amides is 1. The number of rotatable bonds is 10. The van der Waals surface area contributed by atoms with Crippen LogP contribution in [-0.4, -0.2) is 53.2 Å². The van der Waals surface area contributed by atoms with E-state index in [1.54, 1.807) is 34.9 Å². The molecule has 0 aliphatic heterocycles. The predicted octanol–water partition coefficient (Wildman–Crippen LogP) is 4.86. The lowest BCUT2D eigenvalue weighted by Gasteiger charge is -2.20. The van der Waals surface area contributed by atoms with Crippen LogP contribution in [0.1, 0.15) is 48.1 Å². The third-order valence-electron chi connectivity index (χ3n) is 5.25. The molecule has 0 spiro atoms. The molecule has 0 atom stereocenters. The molecule has 0 unspecified atom stereocenters. The van der Waals surface area contributed by atoms with E-state index in [0.717, 1.165) is 16.9 Å². The first kappa shape index (κ1) is 27.4. The number of hydrogen-bond donors (Lipinski definition) is 1. The van der Waals surface area contributed by atoms with Gasteiger partial charge in [-0.25, -0.2) is 19.6 Å².